The molecule has 0 saturated heterocycles. The molecule has 4 N–H and O–H groups in total. The fraction of sp³-hybridized carbons (Fsp3) is 0.462. The molecule has 1 unspecified atom stereocenters. The molecule has 0 heterocycles. The summed E-state index contributed by atoms with van der Waals surface area (Å²) in [6, 6.07) is 4.30. The van der Waals surface area contributed by atoms with E-state index in [4.69, 9.17) is 10.5 Å². The molecule has 1 aliphatic carbocycles. The Kier molecular flexibility index (Phi) is 3.72. The third-order valence-corrected chi connectivity index (χ3v) is 3.13. The number of phenols is 1. The molecule has 0 bridgehead atoms. The van der Waals surface area contributed by atoms with E-state index in [0.717, 1.165) is 6.54 Å². The predicted molar refractivity (Wildman–Crippen MR) is 67.3 cm³/mol. The van der Waals surface area contributed by atoms with Gasteiger partial charge in [-0.05, 0) is 43.0 Å². The zero-order valence-electron chi connectivity index (χ0n) is 10.3. The van der Waals surface area contributed by atoms with E-state index >= 15 is 0 Å². The highest BCUT2D eigenvalue weighted by atomic mass is 16.5. The van der Waals surface area contributed by atoms with Crippen molar-refractivity contribution in [1.29, 1.82) is 0 Å². The number of methoxy groups -OCH3 is 1. The number of benzene rings is 1. The molecule has 5 nitrogen and oxygen atoms in total. The Morgan fingerprint density at radius 3 is 2.83 bits per heavy atom. The zero-order valence-corrected chi connectivity index (χ0v) is 10.3. The van der Waals surface area contributed by atoms with Gasteiger partial charge in [0.1, 0.15) is 6.04 Å². The summed E-state index contributed by atoms with van der Waals surface area (Å²) in [5.74, 6) is 0.595. The molecule has 1 fully saturated rings. The van der Waals surface area contributed by atoms with Crippen molar-refractivity contribution in [2.24, 2.45) is 11.7 Å². The number of hydrogen-bond donors (Lipinski definition) is 3. The Hall–Kier alpha value is -1.75. The predicted octanol–water partition coefficient (Wildman–Crippen LogP) is 0.927. The van der Waals surface area contributed by atoms with Crippen molar-refractivity contribution in [2.45, 2.75) is 18.9 Å². The number of ether oxygens (including phenoxy) is 1. The van der Waals surface area contributed by atoms with Gasteiger partial charge < -0.3 is 20.9 Å². The molecule has 2 rings (SSSR count). The number of hydrogen-bond acceptors (Lipinski definition) is 4. The molecule has 1 aromatic rings. The van der Waals surface area contributed by atoms with Crippen LogP contribution in [0.25, 0.3) is 0 Å². The lowest BCUT2D eigenvalue weighted by atomic mass is 10.1. The van der Waals surface area contributed by atoms with Crippen molar-refractivity contribution in [3.05, 3.63) is 23.8 Å². The normalized spacial score (nSPS) is 16.3. The van der Waals surface area contributed by atoms with Crippen molar-refractivity contribution in [1.82, 2.24) is 5.32 Å². The SMILES string of the molecule is COc1ccc(C(NCC2CC2)C(N)=O)cc1O. The van der Waals surface area contributed by atoms with Gasteiger partial charge in [-0.25, -0.2) is 0 Å². The highest BCUT2D eigenvalue weighted by Crippen LogP contribution is 2.31. The van der Waals surface area contributed by atoms with Crippen LogP contribution in [0.3, 0.4) is 0 Å². The van der Waals surface area contributed by atoms with Crippen molar-refractivity contribution >= 4 is 5.91 Å². The minimum absolute atomic E-state index is 0.00877. The molecule has 0 radical (unpaired) electrons. The second-order valence-electron chi connectivity index (χ2n) is 4.62. The average molecular weight is 250 g/mol. The van der Waals surface area contributed by atoms with Gasteiger partial charge in [-0.1, -0.05) is 6.07 Å². The zero-order chi connectivity index (χ0) is 13.1. The summed E-state index contributed by atoms with van der Waals surface area (Å²) < 4.78 is 4.96. The van der Waals surface area contributed by atoms with Crippen LogP contribution in [0, 0.1) is 5.92 Å². The monoisotopic (exact) mass is 250 g/mol. The van der Waals surface area contributed by atoms with Crippen molar-refractivity contribution in [3.8, 4) is 11.5 Å². The topological polar surface area (TPSA) is 84.6 Å². The number of rotatable bonds is 6. The molecule has 1 atom stereocenters. The van der Waals surface area contributed by atoms with Gasteiger partial charge in [0, 0.05) is 0 Å². The second-order valence-corrected chi connectivity index (χ2v) is 4.62. The molecule has 18 heavy (non-hydrogen) atoms. The van der Waals surface area contributed by atoms with E-state index in [1.807, 2.05) is 0 Å². The lowest BCUT2D eigenvalue weighted by molar-refractivity contribution is -0.120. The number of carbonyl (C=O) groups excluding carboxylic acids is 1. The number of phenolic OH excluding ortho intramolecular Hbond substituents is 1. The minimum atomic E-state index is -0.567. The first-order chi connectivity index (χ1) is 8.61. The lowest BCUT2D eigenvalue weighted by Gasteiger charge is -2.16. The number of aromatic hydroxyl groups is 1. The molecule has 1 aliphatic rings. The molecule has 5 heteroatoms. The van der Waals surface area contributed by atoms with Gasteiger partial charge in [-0.2, -0.15) is 0 Å². The van der Waals surface area contributed by atoms with Gasteiger partial charge in [0.25, 0.3) is 0 Å². The molecular weight excluding hydrogens is 232 g/mol. The van der Waals surface area contributed by atoms with E-state index in [9.17, 15) is 9.90 Å². The summed E-state index contributed by atoms with van der Waals surface area (Å²) in [6.07, 6.45) is 2.40. The van der Waals surface area contributed by atoms with Crippen LogP contribution in [0.5, 0.6) is 11.5 Å². The Morgan fingerprint density at radius 1 is 1.61 bits per heavy atom. The van der Waals surface area contributed by atoms with Gasteiger partial charge in [-0.15, -0.1) is 0 Å². The number of carbonyl (C=O) groups is 1. The van der Waals surface area contributed by atoms with E-state index in [0.29, 0.717) is 17.2 Å². The summed E-state index contributed by atoms with van der Waals surface area (Å²) in [5.41, 5.74) is 6.04. The molecule has 0 aromatic heterocycles. The summed E-state index contributed by atoms with van der Waals surface area (Å²) >= 11 is 0. The molecule has 0 aliphatic heterocycles. The van der Waals surface area contributed by atoms with Gasteiger partial charge >= 0.3 is 0 Å². The van der Waals surface area contributed by atoms with E-state index in [-0.39, 0.29) is 5.75 Å². The minimum Gasteiger partial charge on any atom is -0.504 e. The average Bonchev–Trinajstić information content (AvgIpc) is 3.13. The van der Waals surface area contributed by atoms with Crippen LogP contribution in [0.1, 0.15) is 24.4 Å². The van der Waals surface area contributed by atoms with E-state index in [1.54, 1.807) is 12.1 Å². The van der Waals surface area contributed by atoms with Gasteiger partial charge in [0.2, 0.25) is 5.91 Å². The fourth-order valence-corrected chi connectivity index (χ4v) is 1.88. The summed E-state index contributed by atoms with van der Waals surface area (Å²) in [7, 11) is 1.48. The Balaban J connectivity index is 2.13. The van der Waals surface area contributed by atoms with Crippen LogP contribution < -0.4 is 15.8 Å². The number of nitrogens with two attached hydrogens (primary N) is 1. The maximum absolute atomic E-state index is 11.4. The lowest BCUT2D eigenvalue weighted by Crippen LogP contribution is -2.34. The summed E-state index contributed by atoms with van der Waals surface area (Å²) in [4.78, 5) is 11.4. The number of nitrogens with one attached hydrogen (secondary N) is 1. The van der Waals surface area contributed by atoms with Crippen LogP contribution >= 0.6 is 0 Å². The maximum Gasteiger partial charge on any atom is 0.239 e. The highest BCUT2D eigenvalue weighted by Gasteiger charge is 2.25. The van der Waals surface area contributed by atoms with Crippen molar-refractivity contribution in [3.63, 3.8) is 0 Å². The Morgan fingerprint density at radius 2 is 2.33 bits per heavy atom. The van der Waals surface area contributed by atoms with Gasteiger partial charge in [0.05, 0.1) is 7.11 Å². The van der Waals surface area contributed by atoms with Crippen molar-refractivity contribution in [2.75, 3.05) is 13.7 Å². The largest absolute Gasteiger partial charge is 0.504 e. The van der Waals surface area contributed by atoms with E-state index in [2.05, 4.69) is 5.32 Å². The van der Waals surface area contributed by atoms with E-state index < -0.39 is 11.9 Å². The first kappa shape index (κ1) is 12.7. The molecular formula is C13H18N2O3. The highest BCUT2D eigenvalue weighted by molar-refractivity contribution is 5.81. The maximum atomic E-state index is 11.4. The third kappa shape index (κ3) is 2.92. The standard InChI is InChI=1S/C13H18N2O3/c1-18-11-5-4-9(6-10(11)16)12(13(14)17)15-7-8-2-3-8/h4-6,8,12,15-16H,2-3,7H2,1H3,(H2,14,17). The van der Waals surface area contributed by atoms with Crippen LogP contribution in [0.15, 0.2) is 18.2 Å². The van der Waals surface area contributed by atoms with Gasteiger partial charge in [0.15, 0.2) is 11.5 Å². The Labute approximate surface area is 106 Å². The van der Waals surface area contributed by atoms with Gasteiger partial charge in [-0.3, -0.25) is 4.79 Å². The second kappa shape index (κ2) is 5.27. The summed E-state index contributed by atoms with van der Waals surface area (Å²) in [5, 5.41) is 12.8. The third-order valence-electron chi connectivity index (χ3n) is 3.13. The molecule has 0 spiro atoms. The molecule has 1 saturated carbocycles. The quantitative estimate of drug-likeness (QED) is 0.701. The van der Waals surface area contributed by atoms with Crippen LogP contribution in [0.4, 0.5) is 0 Å². The fourth-order valence-electron chi connectivity index (χ4n) is 1.88. The van der Waals surface area contributed by atoms with Crippen molar-refractivity contribution < 1.29 is 14.6 Å². The van der Waals surface area contributed by atoms with Crippen LogP contribution in [-0.4, -0.2) is 24.7 Å². The smallest absolute Gasteiger partial charge is 0.239 e. The Bertz CT molecular complexity index is 444. The van der Waals surface area contributed by atoms with Crippen LogP contribution in [0.2, 0.25) is 0 Å². The molecule has 1 aromatic carbocycles. The summed E-state index contributed by atoms with van der Waals surface area (Å²) in [6.45, 7) is 0.778. The van der Waals surface area contributed by atoms with Crippen LogP contribution in [-0.2, 0) is 4.79 Å². The van der Waals surface area contributed by atoms with E-state index in [1.165, 1.54) is 26.0 Å². The molecule has 1 amide bonds. The first-order valence-corrected chi connectivity index (χ1v) is 6.01. The number of primary amides is 1. The first-order valence-electron chi connectivity index (χ1n) is 6.01. The molecule has 98 valence electrons. The number of amides is 1.